The first-order valence-electron chi connectivity index (χ1n) is 7.91. The monoisotopic (exact) mass is 376 g/mol. The molecule has 0 spiro atoms. The summed E-state index contributed by atoms with van der Waals surface area (Å²) in [5.74, 6) is -1.84. The second-order valence-electron chi connectivity index (χ2n) is 6.01. The molecule has 1 saturated carbocycles. The highest BCUT2D eigenvalue weighted by atomic mass is 32.2. The van der Waals surface area contributed by atoms with Crippen LogP contribution in [0.15, 0.2) is 42.9 Å². The quantitative estimate of drug-likeness (QED) is 0.715. The molecule has 6 nitrogen and oxygen atoms in total. The largest absolute Gasteiger partial charge is 0.284 e. The number of benzene rings is 1. The number of aromatic amines is 1. The molecule has 0 bridgehead atoms. The van der Waals surface area contributed by atoms with E-state index in [-0.39, 0.29) is 11.4 Å². The van der Waals surface area contributed by atoms with Gasteiger partial charge in [0, 0.05) is 24.2 Å². The molecule has 0 unspecified atom stereocenters. The van der Waals surface area contributed by atoms with Gasteiger partial charge in [0.05, 0.1) is 16.5 Å². The van der Waals surface area contributed by atoms with E-state index in [1.54, 1.807) is 24.5 Å². The van der Waals surface area contributed by atoms with Crippen molar-refractivity contribution < 1.29 is 17.2 Å². The highest BCUT2D eigenvalue weighted by molar-refractivity contribution is 7.93. The summed E-state index contributed by atoms with van der Waals surface area (Å²) in [6, 6.07) is 5.47. The van der Waals surface area contributed by atoms with Crippen molar-refractivity contribution in [1.82, 2.24) is 15.2 Å². The second kappa shape index (κ2) is 6.17. The highest BCUT2D eigenvalue weighted by Crippen LogP contribution is 2.37. The molecule has 0 aliphatic heterocycles. The minimum atomic E-state index is -3.67. The number of rotatable bonds is 5. The Balaban J connectivity index is 1.81. The first-order valence-corrected chi connectivity index (χ1v) is 9.46. The van der Waals surface area contributed by atoms with Crippen molar-refractivity contribution in [3.05, 3.63) is 54.5 Å². The van der Waals surface area contributed by atoms with Crippen molar-refractivity contribution in [2.24, 2.45) is 0 Å². The summed E-state index contributed by atoms with van der Waals surface area (Å²) in [4.78, 5) is 3.91. The number of aromatic nitrogens is 3. The van der Waals surface area contributed by atoms with Crippen molar-refractivity contribution in [1.29, 1.82) is 0 Å². The Morgan fingerprint density at radius 1 is 1.12 bits per heavy atom. The minimum Gasteiger partial charge on any atom is -0.284 e. The van der Waals surface area contributed by atoms with Crippen LogP contribution in [0.1, 0.15) is 12.8 Å². The van der Waals surface area contributed by atoms with Crippen LogP contribution >= 0.6 is 0 Å². The predicted octanol–water partition coefficient (Wildman–Crippen LogP) is 3.32. The average Bonchev–Trinajstić information content (AvgIpc) is 3.39. The van der Waals surface area contributed by atoms with Crippen LogP contribution in [0.5, 0.6) is 0 Å². The number of nitrogens with one attached hydrogen (secondary N) is 2. The molecule has 9 heteroatoms. The lowest BCUT2D eigenvalue weighted by Gasteiger charge is -2.12. The molecule has 1 aliphatic rings. The molecule has 2 aromatic heterocycles. The third-order valence-electron chi connectivity index (χ3n) is 4.18. The molecular weight excluding hydrogens is 362 g/mol. The van der Waals surface area contributed by atoms with Crippen molar-refractivity contribution in [2.45, 2.75) is 18.1 Å². The molecular formula is C17H14F2N4O2S. The lowest BCUT2D eigenvalue weighted by molar-refractivity contribution is 0.586. The second-order valence-corrected chi connectivity index (χ2v) is 7.97. The van der Waals surface area contributed by atoms with Crippen molar-refractivity contribution in [3.8, 4) is 22.4 Å². The van der Waals surface area contributed by atoms with E-state index in [0.717, 1.165) is 12.1 Å². The Morgan fingerprint density at radius 3 is 2.54 bits per heavy atom. The van der Waals surface area contributed by atoms with E-state index < -0.39 is 32.5 Å². The van der Waals surface area contributed by atoms with Crippen LogP contribution in [0.3, 0.4) is 0 Å². The maximum absolute atomic E-state index is 15.0. The maximum atomic E-state index is 15.0. The Labute approximate surface area is 148 Å². The molecule has 0 radical (unpaired) electrons. The van der Waals surface area contributed by atoms with Gasteiger partial charge in [-0.05, 0) is 42.7 Å². The average molecular weight is 376 g/mol. The van der Waals surface area contributed by atoms with Crippen LogP contribution in [-0.4, -0.2) is 28.8 Å². The Morgan fingerprint density at radius 2 is 1.85 bits per heavy atom. The van der Waals surface area contributed by atoms with Gasteiger partial charge >= 0.3 is 0 Å². The smallest absolute Gasteiger partial charge is 0.235 e. The number of H-pyrrole nitrogens is 1. The molecule has 1 fully saturated rings. The fraction of sp³-hybridized carbons (Fsp3) is 0.176. The summed E-state index contributed by atoms with van der Waals surface area (Å²) in [5, 5.41) is 6.05. The molecule has 1 aliphatic carbocycles. The van der Waals surface area contributed by atoms with E-state index in [9.17, 15) is 17.2 Å². The number of halogens is 2. The summed E-state index contributed by atoms with van der Waals surface area (Å²) in [5.41, 5.74) is 0.517. The highest BCUT2D eigenvalue weighted by Gasteiger charge is 2.36. The molecule has 0 saturated heterocycles. The lowest BCUT2D eigenvalue weighted by Crippen LogP contribution is -2.18. The van der Waals surface area contributed by atoms with Gasteiger partial charge in [0.25, 0.3) is 0 Å². The van der Waals surface area contributed by atoms with E-state index in [0.29, 0.717) is 24.0 Å². The minimum absolute atomic E-state index is 0.0543. The van der Waals surface area contributed by atoms with E-state index >= 15 is 0 Å². The topological polar surface area (TPSA) is 87.7 Å². The van der Waals surface area contributed by atoms with Crippen LogP contribution in [0.2, 0.25) is 0 Å². The van der Waals surface area contributed by atoms with Crippen LogP contribution in [0.4, 0.5) is 14.5 Å². The molecule has 0 atom stereocenters. The summed E-state index contributed by atoms with van der Waals surface area (Å²) in [6.45, 7) is 0. The zero-order valence-electron chi connectivity index (χ0n) is 13.4. The summed E-state index contributed by atoms with van der Waals surface area (Å²) in [7, 11) is -3.67. The lowest BCUT2D eigenvalue weighted by atomic mass is 10.0. The zero-order chi connectivity index (χ0) is 18.3. The molecule has 26 heavy (non-hydrogen) atoms. The third kappa shape index (κ3) is 2.94. The van der Waals surface area contributed by atoms with E-state index in [2.05, 4.69) is 19.9 Å². The normalized spacial score (nSPS) is 14.4. The van der Waals surface area contributed by atoms with Gasteiger partial charge in [0.1, 0.15) is 11.5 Å². The third-order valence-corrected chi connectivity index (χ3v) is 6.03. The van der Waals surface area contributed by atoms with E-state index in [1.165, 1.54) is 6.20 Å². The van der Waals surface area contributed by atoms with Crippen LogP contribution in [-0.2, 0) is 10.0 Å². The molecule has 4 rings (SSSR count). The summed E-state index contributed by atoms with van der Waals surface area (Å²) >= 11 is 0. The van der Waals surface area contributed by atoms with Crippen LogP contribution in [0, 0.1) is 11.6 Å². The SMILES string of the molecule is O=S(=O)(Nc1ccc(F)c(-c2n[nH]cc2-c2ccncc2)c1F)C1CC1. The maximum Gasteiger partial charge on any atom is 0.235 e. The van der Waals surface area contributed by atoms with E-state index in [4.69, 9.17) is 0 Å². The van der Waals surface area contributed by atoms with Crippen LogP contribution in [0.25, 0.3) is 22.4 Å². The Kier molecular flexibility index (Phi) is 3.95. The van der Waals surface area contributed by atoms with Gasteiger partial charge in [-0.15, -0.1) is 0 Å². The fourth-order valence-electron chi connectivity index (χ4n) is 2.70. The summed E-state index contributed by atoms with van der Waals surface area (Å²) in [6.07, 6.45) is 5.70. The molecule has 2 heterocycles. The molecule has 3 aromatic rings. The first kappa shape index (κ1) is 16.6. The van der Waals surface area contributed by atoms with Crippen molar-refractivity contribution in [3.63, 3.8) is 0 Å². The number of nitrogens with zero attached hydrogens (tertiary/aromatic N) is 2. The predicted molar refractivity (Wildman–Crippen MR) is 92.7 cm³/mol. The van der Waals surface area contributed by atoms with Gasteiger partial charge in [-0.1, -0.05) is 0 Å². The molecule has 2 N–H and O–H groups in total. The van der Waals surface area contributed by atoms with Crippen molar-refractivity contribution in [2.75, 3.05) is 4.72 Å². The molecule has 134 valence electrons. The number of hydrogen-bond acceptors (Lipinski definition) is 4. The van der Waals surface area contributed by atoms with Gasteiger partial charge in [-0.3, -0.25) is 14.8 Å². The standard InChI is InChI=1S/C17H14F2N4O2S/c18-13-3-4-14(23-26(24,25)11-1-2-11)16(19)15(13)17-12(9-21-22-17)10-5-7-20-8-6-10/h3-9,11,23H,1-2H2,(H,21,22). The number of sulfonamides is 1. The molecule has 0 amide bonds. The number of hydrogen-bond donors (Lipinski definition) is 2. The Hall–Kier alpha value is -2.81. The molecule has 1 aromatic carbocycles. The van der Waals surface area contributed by atoms with Gasteiger partial charge in [0.15, 0.2) is 5.82 Å². The zero-order valence-corrected chi connectivity index (χ0v) is 14.2. The number of pyridine rings is 1. The van der Waals surface area contributed by atoms with Crippen molar-refractivity contribution >= 4 is 15.7 Å². The van der Waals surface area contributed by atoms with Crippen LogP contribution < -0.4 is 4.72 Å². The fourth-order valence-corrected chi connectivity index (χ4v) is 4.08. The van der Waals surface area contributed by atoms with E-state index in [1.807, 2.05) is 0 Å². The summed E-state index contributed by atoms with van der Waals surface area (Å²) < 4.78 is 55.8. The van der Waals surface area contributed by atoms with Gasteiger partial charge < -0.3 is 0 Å². The first-order chi connectivity index (χ1) is 12.5. The Bertz CT molecular complexity index is 1060. The number of anilines is 1. The van der Waals surface area contributed by atoms with Gasteiger partial charge in [-0.25, -0.2) is 17.2 Å². The van der Waals surface area contributed by atoms with Gasteiger partial charge in [0.2, 0.25) is 10.0 Å². The van der Waals surface area contributed by atoms with Gasteiger partial charge in [-0.2, -0.15) is 5.10 Å².